The van der Waals surface area contributed by atoms with E-state index < -0.39 is 10.0 Å². The molecule has 0 spiro atoms. The van der Waals surface area contributed by atoms with E-state index >= 15 is 0 Å². The molecule has 0 saturated carbocycles. The Bertz CT molecular complexity index is 1320. The van der Waals surface area contributed by atoms with Crippen molar-refractivity contribution >= 4 is 38.9 Å². The van der Waals surface area contributed by atoms with Gasteiger partial charge in [-0.15, -0.1) is 11.3 Å². The molecule has 0 saturated heterocycles. The fourth-order valence-electron chi connectivity index (χ4n) is 4.54. The molecule has 4 rings (SSSR count). The van der Waals surface area contributed by atoms with E-state index in [1.165, 1.54) is 21.3 Å². The topological polar surface area (TPSA) is 66.9 Å². The highest BCUT2D eigenvalue weighted by Crippen LogP contribution is 2.34. The number of hydrogen-bond donors (Lipinski definition) is 0. The highest BCUT2D eigenvalue weighted by atomic mass is 35.5. The fourth-order valence-corrected chi connectivity index (χ4v) is 7.07. The van der Waals surface area contributed by atoms with Crippen molar-refractivity contribution in [3.05, 3.63) is 80.5 Å². The Morgan fingerprint density at radius 3 is 2.61 bits per heavy atom. The third kappa shape index (κ3) is 5.78. The molecule has 9 heteroatoms. The lowest BCUT2D eigenvalue weighted by Gasteiger charge is -2.37. The monoisotopic (exact) mass is 546 g/mol. The minimum absolute atomic E-state index is 0.127. The molecule has 1 aliphatic heterocycles. The quantitative estimate of drug-likeness (QED) is 0.349. The molecule has 2 aromatic carbocycles. The average molecular weight is 547 g/mol. The van der Waals surface area contributed by atoms with Crippen molar-refractivity contribution in [2.45, 2.75) is 44.6 Å². The molecular weight excluding hydrogens is 516 g/mol. The van der Waals surface area contributed by atoms with E-state index in [9.17, 15) is 13.2 Å². The third-order valence-corrected chi connectivity index (χ3v) is 9.49. The van der Waals surface area contributed by atoms with Crippen molar-refractivity contribution < 1.29 is 17.9 Å². The van der Waals surface area contributed by atoms with Crippen LogP contribution in [0.25, 0.3) is 0 Å². The lowest BCUT2D eigenvalue weighted by Crippen LogP contribution is -2.48. The fraction of sp³-hybridized carbons (Fsp3) is 0.370. The number of thiophene rings is 1. The Kier molecular flexibility index (Phi) is 8.40. The normalized spacial score (nSPS) is 15.7. The Labute approximate surface area is 222 Å². The molecule has 0 aliphatic carbocycles. The van der Waals surface area contributed by atoms with Gasteiger partial charge in [0.1, 0.15) is 12.4 Å². The lowest BCUT2D eigenvalue weighted by molar-refractivity contribution is -0.135. The van der Waals surface area contributed by atoms with Crippen LogP contribution in [0.2, 0.25) is 5.02 Å². The molecular formula is C27H31ClN2O4S2. The lowest BCUT2D eigenvalue weighted by atomic mass is 10.0. The van der Waals surface area contributed by atoms with Gasteiger partial charge in [0.2, 0.25) is 15.9 Å². The summed E-state index contributed by atoms with van der Waals surface area (Å²) in [5, 5.41) is 2.50. The van der Waals surface area contributed by atoms with Gasteiger partial charge in [0.05, 0.1) is 17.5 Å². The minimum atomic E-state index is -3.85. The summed E-state index contributed by atoms with van der Waals surface area (Å²) >= 11 is 7.63. The molecule has 1 atom stereocenters. The average Bonchev–Trinajstić information content (AvgIpc) is 3.32. The number of ether oxygens (including phenoxy) is 1. The number of halogens is 1. The van der Waals surface area contributed by atoms with Gasteiger partial charge in [-0.25, -0.2) is 8.42 Å². The van der Waals surface area contributed by atoms with Crippen LogP contribution in [0.5, 0.6) is 5.75 Å². The largest absolute Gasteiger partial charge is 0.491 e. The number of aryl methyl sites for hydroxylation is 2. The van der Waals surface area contributed by atoms with Gasteiger partial charge in [-0.05, 0) is 79.6 Å². The smallest absolute Gasteiger partial charge is 0.243 e. The molecule has 192 valence electrons. The number of amides is 1. The van der Waals surface area contributed by atoms with Gasteiger partial charge in [-0.1, -0.05) is 36.2 Å². The van der Waals surface area contributed by atoms with E-state index in [-0.39, 0.29) is 29.9 Å². The first-order valence-electron chi connectivity index (χ1n) is 12.0. The molecule has 1 aromatic heterocycles. The van der Waals surface area contributed by atoms with Crippen LogP contribution in [-0.2, 0) is 21.2 Å². The van der Waals surface area contributed by atoms with Crippen molar-refractivity contribution in [2.75, 3.05) is 26.2 Å². The molecule has 1 aliphatic rings. The van der Waals surface area contributed by atoms with Crippen LogP contribution < -0.4 is 4.74 Å². The third-order valence-electron chi connectivity index (χ3n) is 6.38. The first-order valence-corrected chi connectivity index (χ1v) is 14.7. The maximum absolute atomic E-state index is 13.6. The van der Waals surface area contributed by atoms with Crippen LogP contribution in [0.15, 0.2) is 58.8 Å². The maximum Gasteiger partial charge on any atom is 0.243 e. The van der Waals surface area contributed by atoms with E-state index in [1.807, 2.05) is 44.4 Å². The van der Waals surface area contributed by atoms with Crippen LogP contribution in [-0.4, -0.2) is 49.8 Å². The highest BCUT2D eigenvalue weighted by Gasteiger charge is 2.35. The van der Waals surface area contributed by atoms with E-state index in [1.54, 1.807) is 28.4 Å². The Morgan fingerprint density at radius 2 is 1.92 bits per heavy atom. The summed E-state index contributed by atoms with van der Waals surface area (Å²) in [6.45, 7) is 6.79. The number of hydrogen-bond acceptors (Lipinski definition) is 5. The predicted octanol–water partition coefficient (Wildman–Crippen LogP) is 5.62. The van der Waals surface area contributed by atoms with Crippen LogP contribution in [0.4, 0.5) is 0 Å². The SMILES string of the molecule is CCCN(CC(=O)N1CCc2sccc2C1COc1ccc(C)cc1C)S(=O)(=O)c1ccc(Cl)cc1. The van der Waals surface area contributed by atoms with Crippen molar-refractivity contribution in [1.29, 1.82) is 0 Å². The van der Waals surface area contributed by atoms with E-state index in [2.05, 4.69) is 6.07 Å². The number of benzene rings is 2. The molecule has 2 heterocycles. The second-order valence-electron chi connectivity index (χ2n) is 9.02. The minimum Gasteiger partial charge on any atom is -0.491 e. The molecule has 6 nitrogen and oxygen atoms in total. The molecule has 0 radical (unpaired) electrons. The van der Waals surface area contributed by atoms with Crippen LogP contribution in [0.1, 0.15) is 41.0 Å². The zero-order chi connectivity index (χ0) is 25.9. The summed E-state index contributed by atoms with van der Waals surface area (Å²) in [4.78, 5) is 16.8. The van der Waals surface area contributed by atoms with Gasteiger partial charge >= 0.3 is 0 Å². The van der Waals surface area contributed by atoms with E-state index in [4.69, 9.17) is 16.3 Å². The van der Waals surface area contributed by atoms with Gasteiger partial charge < -0.3 is 9.64 Å². The van der Waals surface area contributed by atoms with Gasteiger partial charge in [-0.3, -0.25) is 4.79 Å². The number of nitrogens with zero attached hydrogens (tertiary/aromatic N) is 2. The predicted molar refractivity (Wildman–Crippen MR) is 144 cm³/mol. The Hall–Kier alpha value is -2.39. The number of carbonyl (C=O) groups is 1. The second kappa shape index (κ2) is 11.3. The molecule has 3 aromatic rings. The molecule has 0 bridgehead atoms. The molecule has 0 N–H and O–H groups in total. The van der Waals surface area contributed by atoms with Gasteiger partial charge in [0, 0.05) is 23.0 Å². The molecule has 1 unspecified atom stereocenters. The first kappa shape index (κ1) is 26.7. The second-order valence-corrected chi connectivity index (χ2v) is 12.4. The highest BCUT2D eigenvalue weighted by molar-refractivity contribution is 7.89. The standard InChI is InChI=1S/C27H31ClN2O4S2/c1-4-13-29(36(32,33)22-8-6-21(28)7-9-22)17-27(31)30-14-11-26-23(12-15-35-26)24(30)18-34-25-10-5-19(2)16-20(25)3/h5-10,12,15-16,24H,4,11,13-14,17-18H2,1-3H3. The molecule has 36 heavy (non-hydrogen) atoms. The molecule has 0 fully saturated rings. The maximum atomic E-state index is 13.6. The van der Waals surface area contributed by atoms with Crippen molar-refractivity contribution in [1.82, 2.24) is 9.21 Å². The molecule has 1 amide bonds. The first-order chi connectivity index (χ1) is 17.2. The van der Waals surface area contributed by atoms with Crippen LogP contribution in [0, 0.1) is 13.8 Å². The summed E-state index contributed by atoms with van der Waals surface area (Å²) in [5.41, 5.74) is 3.27. The summed E-state index contributed by atoms with van der Waals surface area (Å²) in [7, 11) is -3.85. The Balaban J connectivity index is 1.56. The summed E-state index contributed by atoms with van der Waals surface area (Å²) in [5.74, 6) is 0.556. The number of sulfonamides is 1. The summed E-state index contributed by atoms with van der Waals surface area (Å²) < 4.78 is 34.2. The van der Waals surface area contributed by atoms with E-state index in [0.717, 1.165) is 28.9 Å². The number of carbonyl (C=O) groups excluding carboxylic acids is 1. The van der Waals surface area contributed by atoms with Crippen LogP contribution in [0.3, 0.4) is 0 Å². The summed E-state index contributed by atoms with van der Waals surface area (Å²) in [6.07, 6.45) is 1.34. The Morgan fingerprint density at radius 1 is 1.17 bits per heavy atom. The zero-order valence-electron chi connectivity index (χ0n) is 20.7. The van der Waals surface area contributed by atoms with Crippen LogP contribution >= 0.6 is 22.9 Å². The zero-order valence-corrected chi connectivity index (χ0v) is 23.1. The van der Waals surface area contributed by atoms with E-state index in [0.29, 0.717) is 24.6 Å². The van der Waals surface area contributed by atoms with Crippen molar-refractivity contribution in [3.8, 4) is 5.75 Å². The van der Waals surface area contributed by atoms with Gasteiger partial charge in [0.25, 0.3) is 0 Å². The summed E-state index contributed by atoms with van der Waals surface area (Å²) in [6, 6.07) is 13.8. The van der Waals surface area contributed by atoms with Crippen molar-refractivity contribution in [3.63, 3.8) is 0 Å². The number of rotatable bonds is 9. The van der Waals surface area contributed by atoms with Gasteiger partial charge in [0.15, 0.2) is 0 Å². The number of fused-ring (bicyclic) bond motifs is 1. The van der Waals surface area contributed by atoms with Crippen molar-refractivity contribution in [2.24, 2.45) is 0 Å². The van der Waals surface area contributed by atoms with Gasteiger partial charge in [-0.2, -0.15) is 4.31 Å².